The van der Waals surface area contributed by atoms with Crippen LogP contribution in [0.15, 0.2) is 18.2 Å². The molecule has 0 atom stereocenters. The van der Waals surface area contributed by atoms with E-state index >= 15 is 0 Å². The smallest absolute Gasteiger partial charge is 0.313 e. The molecule has 2 rings (SSSR count). The van der Waals surface area contributed by atoms with Gasteiger partial charge in [0.15, 0.2) is 6.61 Å². The molecule has 0 spiro atoms. The van der Waals surface area contributed by atoms with Crippen LogP contribution in [0.1, 0.15) is 0 Å². The maximum Gasteiger partial charge on any atom is 0.313 e. The summed E-state index contributed by atoms with van der Waals surface area (Å²) < 4.78 is 5.21. The Morgan fingerprint density at radius 1 is 1.44 bits per heavy atom. The number of nitrogens with zero attached hydrogens (tertiary/aromatic N) is 2. The highest BCUT2D eigenvalue weighted by Gasteiger charge is 2.29. The lowest BCUT2D eigenvalue weighted by Gasteiger charge is -2.28. The van der Waals surface area contributed by atoms with Crippen LogP contribution in [0.4, 0.5) is 11.4 Å². The van der Waals surface area contributed by atoms with Crippen molar-refractivity contribution in [2.24, 2.45) is 0 Å². The van der Waals surface area contributed by atoms with Gasteiger partial charge in [-0.1, -0.05) is 0 Å². The molecule has 2 N–H and O–H groups in total. The van der Waals surface area contributed by atoms with Crippen molar-refractivity contribution in [3.63, 3.8) is 0 Å². The summed E-state index contributed by atoms with van der Waals surface area (Å²) in [4.78, 5) is 45.8. The predicted octanol–water partition coefficient (Wildman–Crippen LogP) is 0.254. The summed E-state index contributed by atoms with van der Waals surface area (Å²) in [6.07, 6.45) is 0. The standard InChI is InChI=1S/C14H15N3O7S/c18-12(15-3-4-25-8-14(20)21)6-16-10-5-9(17(22)23)1-2-11(10)24-7-13(16)19/h1-2,5H,3-4,6-8H2,(H,15,18)(H,20,21). The monoisotopic (exact) mass is 369 g/mol. The molecule has 25 heavy (non-hydrogen) atoms. The summed E-state index contributed by atoms with van der Waals surface area (Å²) in [6.45, 7) is -0.316. The summed E-state index contributed by atoms with van der Waals surface area (Å²) in [5.41, 5.74) is -0.0478. The van der Waals surface area contributed by atoms with Gasteiger partial charge in [-0.2, -0.15) is 0 Å². The van der Waals surface area contributed by atoms with Crippen molar-refractivity contribution in [2.45, 2.75) is 0 Å². The number of carbonyl (C=O) groups is 3. The molecule has 0 saturated carbocycles. The topological polar surface area (TPSA) is 139 Å². The van der Waals surface area contributed by atoms with Crippen LogP contribution in [0.3, 0.4) is 0 Å². The molecule has 0 fully saturated rings. The van der Waals surface area contributed by atoms with Gasteiger partial charge in [0.2, 0.25) is 5.91 Å². The van der Waals surface area contributed by atoms with Crippen LogP contribution in [0, 0.1) is 10.1 Å². The first-order valence-corrected chi connectivity index (χ1v) is 8.32. The number of amides is 2. The number of thioether (sulfide) groups is 1. The fraction of sp³-hybridized carbons (Fsp3) is 0.357. The molecule has 11 heteroatoms. The summed E-state index contributed by atoms with van der Waals surface area (Å²) in [5, 5.41) is 22.0. The van der Waals surface area contributed by atoms with Crippen LogP contribution in [0.5, 0.6) is 5.75 Å². The largest absolute Gasteiger partial charge is 0.482 e. The third-order valence-electron chi connectivity index (χ3n) is 3.19. The van der Waals surface area contributed by atoms with Gasteiger partial charge in [-0.3, -0.25) is 29.4 Å². The zero-order valence-electron chi connectivity index (χ0n) is 13.0. The number of ether oxygens (including phenoxy) is 1. The number of nitro groups is 1. The van der Waals surface area contributed by atoms with Crippen molar-refractivity contribution >= 4 is 40.9 Å². The van der Waals surface area contributed by atoms with Gasteiger partial charge in [0, 0.05) is 24.4 Å². The van der Waals surface area contributed by atoms with Gasteiger partial charge in [0.25, 0.3) is 11.6 Å². The summed E-state index contributed by atoms with van der Waals surface area (Å²) >= 11 is 1.15. The molecule has 1 aromatic rings. The second-order valence-electron chi connectivity index (χ2n) is 4.97. The van der Waals surface area contributed by atoms with Gasteiger partial charge in [0.05, 0.1) is 16.4 Å². The highest BCUT2D eigenvalue weighted by atomic mass is 32.2. The second kappa shape index (κ2) is 8.33. The normalized spacial score (nSPS) is 13.0. The number of hydrogen-bond acceptors (Lipinski definition) is 7. The first-order chi connectivity index (χ1) is 11.9. The Bertz CT molecular complexity index is 710. The van der Waals surface area contributed by atoms with E-state index in [-0.39, 0.29) is 42.6 Å². The van der Waals surface area contributed by atoms with E-state index in [1.165, 1.54) is 18.2 Å². The lowest BCUT2D eigenvalue weighted by molar-refractivity contribution is -0.384. The number of nitrogens with one attached hydrogen (secondary N) is 1. The number of aliphatic carboxylic acids is 1. The van der Waals surface area contributed by atoms with Crippen LogP contribution >= 0.6 is 11.8 Å². The fourth-order valence-corrected chi connectivity index (χ4v) is 2.66. The highest BCUT2D eigenvalue weighted by Crippen LogP contribution is 2.35. The molecule has 1 aliphatic rings. The lowest BCUT2D eigenvalue weighted by atomic mass is 10.2. The van der Waals surface area contributed by atoms with Crippen LogP contribution in [0.2, 0.25) is 0 Å². The average Bonchev–Trinajstić information content (AvgIpc) is 2.56. The molecule has 0 unspecified atom stereocenters. The highest BCUT2D eigenvalue weighted by molar-refractivity contribution is 7.99. The summed E-state index contributed by atoms with van der Waals surface area (Å²) in [7, 11) is 0. The van der Waals surface area contributed by atoms with Crippen LogP contribution < -0.4 is 15.0 Å². The van der Waals surface area contributed by atoms with E-state index in [9.17, 15) is 24.5 Å². The SMILES string of the molecule is O=C(O)CSCCNC(=O)CN1C(=O)COc2ccc([N+](=O)[O-])cc21. The molecule has 0 saturated heterocycles. The van der Waals surface area contributed by atoms with E-state index < -0.39 is 22.7 Å². The zero-order valence-corrected chi connectivity index (χ0v) is 13.8. The predicted molar refractivity (Wildman–Crippen MR) is 88.9 cm³/mol. The van der Waals surface area contributed by atoms with Crippen LogP contribution in [-0.2, 0) is 14.4 Å². The maximum absolute atomic E-state index is 12.0. The molecule has 0 aromatic heterocycles. The number of non-ortho nitro benzene ring substituents is 1. The number of anilines is 1. The number of rotatable bonds is 8. The van der Waals surface area contributed by atoms with Gasteiger partial charge in [-0.25, -0.2) is 0 Å². The second-order valence-corrected chi connectivity index (χ2v) is 6.08. The number of nitro benzene ring substituents is 1. The molecule has 2 amide bonds. The van der Waals surface area contributed by atoms with Crippen molar-refractivity contribution in [2.75, 3.05) is 36.1 Å². The molecular weight excluding hydrogens is 354 g/mol. The molecule has 10 nitrogen and oxygen atoms in total. The third kappa shape index (κ3) is 5.08. The third-order valence-corrected chi connectivity index (χ3v) is 4.14. The van der Waals surface area contributed by atoms with Gasteiger partial charge < -0.3 is 15.2 Å². The number of hydrogen-bond donors (Lipinski definition) is 2. The van der Waals surface area contributed by atoms with Gasteiger partial charge in [-0.05, 0) is 6.07 Å². The number of benzene rings is 1. The molecule has 1 aliphatic heterocycles. The number of fused-ring (bicyclic) bond motifs is 1. The number of carbonyl (C=O) groups excluding carboxylic acids is 2. The van der Waals surface area contributed by atoms with Crippen molar-refractivity contribution in [3.8, 4) is 5.75 Å². The fourth-order valence-electron chi connectivity index (χ4n) is 2.10. The minimum Gasteiger partial charge on any atom is -0.482 e. The molecule has 1 aromatic carbocycles. The summed E-state index contributed by atoms with van der Waals surface area (Å²) in [6, 6.07) is 3.82. The minimum atomic E-state index is -0.937. The van der Waals surface area contributed by atoms with E-state index in [4.69, 9.17) is 9.84 Å². The van der Waals surface area contributed by atoms with E-state index in [0.29, 0.717) is 5.75 Å². The van der Waals surface area contributed by atoms with E-state index in [1.54, 1.807) is 0 Å². The molecule has 1 heterocycles. The minimum absolute atomic E-state index is 0.0607. The van der Waals surface area contributed by atoms with Crippen molar-refractivity contribution < 1.29 is 29.2 Å². The van der Waals surface area contributed by atoms with Crippen molar-refractivity contribution in [3.05, 3.63) is 28.3 Å². The van der Waals surface area contributed by atoms with Crippen molar-refractivity contribution in [1.82, 2.24) is 5.32 Å². The molecule has 0 bridgehead atoms. The Labute approximate surface area is 146 Å². The first kappa shape index (κ1) is 18.5. The van der Waals surface area contributed by atoms with E-state index in [2.05, 4.69) is 5.32 Å². The van der Waals surface area contributed by atoms with Gasteiger partial charge >= 0.3 is 5.97 Å². The molecule has 0 radical (unpaired) electrons. The average molecular weight is 369 g/mol. The first-order valence-electron chi connectivity index (χ1n) is 7.16. The Morgan fingerprint density at radius 3 is 2.88 bits per heavy atom. The number of carboxylic acid groups (broad SMARTS) is 1. The van der Waals surface area contributed by atoms with Gasteiger partial charge in [0.1, 0.15) is 12.3 Å². The Morgan fingerprint density at radius 2 is 2.20 bits per heavy atom. The zero-order chi connectivity index (χ0) is 18.4. The quantitative estimate of drug-likeness (QED) is 0.378. The van der Waals surface area contributed by atoms with Crippen molar-refractivity contribution in [1.29, 1.82) is 0 Å². The van der Waals surface area contributed by atoms with Crippen LogP contribution in [-0.4, -0.2) is 59.0 Å². The number of carboxylic acids is 1. The van der Waals surface area contributed by atoms with E-state index in [1.807, 2.05) is 0 Å². The van der Waals surface area contributed by atoms with E-state index in [0.717, 1.165) is 16.7 Å². The Kier molecular flexibility index (Phi) is 6.17. The molecule has 134 valence electrons. The van der Waals surface area contributed by atoms with Crippen LogP contribution in [0.25, 0.3) is 0 Å². The Balaban J connectivity index is 1.98. The molecular formula is C14H15N3O7S. The maximum atomic E-state index is 12.0. The summed E-state index contributed by atoms with van der Waals surface area (Å²) in [5.74, 6) is -1.23. The Hall–Kier alpha value is -2.82. The van der Waals surface area contributed by atoms with Gasteiger partial charge in [-0.15, -0.1) is 11.8 Å². The molecule has 0 aliphatic carbocycles. The lowest BCUT2D eigenvalue weighted by Crippen LogP contribution is -2.45.